The van der Waals surface area contributed by atoms with E-state index in [-0.39, 0.29) is 11.9 Å². The summed E-state index contributed by atoms with van der Waals surface area (Å²) in [4.78, 5) is 20.3. The van der Waals surface area contributed by atoms with Crippen LogP contribution in [0.2, 0.25) is 0 Å². The molecule has 4 rings (SSSR count). The molecule has 1 aliphatic carbocycles. The summed E-state index contributed by atoms with van der Waals surface area (Å²) in [6, 6.07) is 4.91. The molecule has 0 bridgehead atoms. The summed E-state index contributed by atoms with van der Waals surface area (Å²) in [5.41, 5.74) is 6.22. The molecule has 1 saturated heterocycles. The van der Waals surface area contributed by atoms with Gasteiger partial charge in [-0.25, -0.2) is 4.98 Å². The van der Waals surface area contributed by atoms with Crippen molar-refractivity contribution in [1.82, 2.24) is 9.88 Å². The van der Waals surface area contributed by atoms with Gasteiger partial charge in [-0.05, 0) is 55.2 Å². The average molecular weight is 424 g/mol. The minimum absolute atomic E-state index is 0.0000819. The number of amides is 1. The fourth-order valence-electron chi connectivity index (χ4n) is 5.00. The number of alkyl halides is 3. The fourth-order valence-corrected chi connectivity index (χ4v) is 5.91. The number of nitrogens with two attached hydrogens (primary N) is 1. The number of hydrogen-bond donors (Lipinski definition) is 1. The van der Waals surface area contributed by atoms with Crippen molar-refractivity contribution in [3.63, 3.8) is 0 Å². The quantitative estimate of drug-likeness (QED) is 0.786. The molecule has 2 aromatic rings. The van der Waals surface area contributed by atoms with Crippen molar-refractivity contribution in [2.24, 2.45) is 23.5 Å². The number of hydrogen-bond acceptors (Lipinski definition) is 4. The summed E-state index contributed by atoms with van der Waals surface area (Å²) in [7, 11) is 0. The first-order valence-corrected chi connectivity index (χ1v) is 10.7. The molecule has 2 fully saturated rings. The highest BCUT2D eigenvalue weighted by Gasteiger charge is 2.48. The Bertz CT molecular complexity index is 909. The Morgan fingerprint density at radius 1 is 1.28 bits per heavy atom. The molecule has 0 spiro atoms. The maximum Gasteiger partial charge on any atom is 0.416 e. The first kappa shape index (κ1) is 20.3. The number of aryl methyl sites for hydroxylation is 1. The van der Waals surface area contributed by atoms with Crippen LogP contribution in [0.15, 0.2) is 24.3 Å². The highest BCUT2D eigenvalue weighted by molar-refractivity contribution is 7.15. The third kappa shape index (κ3) is 3.68. The highest BCUT2D eigenvalue weighted by Crippen LogP contribution is 2.45. The van der Waals surface area contributed by atoms with E-state index in [1.165, 1.54) is 23.5 Å². The lowest BCUT2D eigenvalue weighted by molar-refractivity contribution is -0.137. The monoisotopic (exact) mass is 423 g/mol. The van der Waals surface area contributed by atoms with Crippen molar-refractivity contribution >= 4 is 17.2 Å². The second-order valence-corrected chi connectivity index (χ2v) is 9.45. The number of thiazole rings is 1. The van der Waals surface area contributed by atoms with Gasteiger partial charge in [0.15, 0.2) is 0 Å². The third-order valence-electron chi connectivity index (χ3n) is 6.22. The fraction of sp³-hybridized carbons (Fsp3) is 0.524. The molecule has 2 aliphatic rings. The van der Waals surface area contributed by atoms with Crippen molar-refractivity contribution in [3.05, 3.63) is 40.5 Å². The predicted molar refractivity (Wildman–Crippen MR) is 107 cm³/mol. The summed E-state index contributed by atoms with van der Waals surface area (Å²) in [6.45, 7) is 5.14. The van der Waals surface area contributed by atoms with Crippen LogP contribution in [0.4, 0.5) is 13.2 Å². The van der Waals surface area contributed by atoms with Gasteiger partial charge in [-0.2, -0.15) is 13.2 Å². The largest absolute Gasteiger partial charge is 0.416 e. The van der Waals surface area contributed by atoms with E-state index in [2.05, 4.69) is 11.9 Å². The Labute approximate surface area is 171 Å². The zero-order chi connectivity index (χ0) is 20.9. The SMILES string of the molecule is Cc1nc(C(=O)N2C[C@@H]3CC(C)C[C@@H]3[C@H]2CN)c(-c2ccc(C(F)(F)F)cc2)s1. The van der Waals surface area contributed by atoms with Crippen LogP contribution in [0.3, 0.4) is 0 Å². The molecule has 1 amide bonds. The van der Waals surface area contributed by atoms with Crippen molar-refractivity contribution in [1.29, 1.82) is 0 Å². The zero-order valence-electron chi connectivity index (χ0n) is 16.4. The summed E-state index contributed by atoms with van der Waals surface area (Å²) < 4.78 is 38.6. The Morgan fingerprint density at radius 2 is 1.97 bits per heavy atom. The normalized spacial score (nSPS) is 26.8. The second-order valence-electron chi connectivity index (χ2n) is 8.25. The smallest absolute Gasteiger partial charge is 0.332 e. The van der Waals surface area contributed by atoms with Gasteiger partial charge in [0, 0.05) is 19.1 Å². The van der Waals surface area contributed by atoms with Crippen LogP contribution in [-0.2, 0) is 6.18 Å². The van der Waals surface area contributed by atoms with E-state index in [0.717, 1.165) is 25.0 Å². The van der Waals surface area contributed by atoms with Gasteiger partial charge in [0.25, 0.3) is 5.91 Å². The molecule has 4 nitrogen and oxygen atoms in total. The van der Waals surface area contributed by atoms with Crippen LogP contribution in [-0.4, -0.2) is 34.9 Å². The van der Waals surface area contributed by atoms with Gasteiger partial charge in [0.2, 0.25) is 0 Å². The number of fused-ring (bicyclic) bond motifs is 1. The number of rotatable bonds is 3. The molecular weight excluding hydrogens is 399 g/mol. The standard InChI is InChI=1S/C21H24F3N3OS/c1-11-7-14-10-27(17(9-25)16(14)8-11)20(28)18-19(29-12(2)26-18)13-3-5-15(6-4-13)21(22,23)24/h3-6,11,14,16-17H,7-10,25H2,1-2H3/t11?,14-,16-,17+/m0/s1. The summed E-state index contributed by atoms with van der Waals surface area (Å²) in [5, 5.41) is 0.709. The molecule has 1 aromatic carbocycles. The van der Waals surface area contributed by atoms with Crippen LogP contribution >= 0.6 is 11.3 Å². The van der Waals surface area contributed by atoms with Crippen molar-refractivity contribution in [3.8, 4) is 10.4 Å². The van der Waals surface area contributed by atoms with Crippen LogP contribution in [0.1, 0.15) is 40.8 Å². The van der Waals surface area contributed by atoms with Gasteiger partial charge < -0.3 is 10.6 Å². The lowest BCUT2D eigenvalue weighted by Crippen LogP contribution is -2.43. The maximum atomic E-state index is 13.4. The summed E-state index contributed by atoms with van der Waals surface area (Å²) in [6.07, 6.45) is -2.20. The average Bonchev–Trinajstić information content (AvgIpc) is 3.32. The zero-order valence-corrected chi connectivity index (χ0v) is 17.2. The summed E-state index contributed by atoms with van der Waals surface area (Å²) in [5.74, 6) is 1.38. The molecule has 1 aliphatic heterocycles. The Kier molecular flexibility index (Phi) is 5.19. The molecule has 2 heterocycles. The Balaban J connectivity index is 1.64. The predicted octanol–water partition coefficient (Wildman–Crippen LogP) is 4.58. The van der Waals surface area contributed by atoms with Crippen molar-refractivity contribution < 1.29 is 18.0 Å². The van der Waals surface area contributed by atoms with Gasteiger partial charge in [-0.1, -0.05) is 19.1 Å². The molecule has 2 N–H and O–H groups in total. The van der Waals surface area contributed by atoms with Crippen LogP contribution in [0.25, 0.3) is 10.4 Å². The number of carbonyl (C=O) groups excluding carboxylic acids is 1. The number of likely N-dealkylation sites (tertiary alicyclic amines) is 1. The molecule has 0 radical (unpaired) electrons. The van der Waals surface area contributed by atoms with Crippen LogP contribution in [0, 0.1) is 24.7 Å². The molecule has 29 heavy (non-hydrogen) atoms. The van der Waals surface area contributed by atoms with Gasteiger partial charge in [-0.3, -0.25) is 4.79 Å². The molecule has 4 atom stereocenters. The molecular formula is C21H24F3N3OS. The lowest BCUT2D eigenvalue weighted by atomic mass is 9.94. The topological polar surface area (TPSA) is 59.2 Å². The third-order valence-corrected chi connectivity index (χ3v) is 7.24. The molecule has 1 saturated carbocycles. The minimum atomic E-state index is -4.39. The van der Waals surface area contributed by atoms with Crippen LogP contribution < -0.4 is 5.73 Å². The van der Waals surface area contributed by atoms with E-state index in [4.69, 9.17) is 5.73 Å². The number of aromatic nitrogens is 1. The Morgan fingerprint density at radius 3 is 2.59 bits per heavy atom. The van der Waals surface area contributed by atoms with E-state index in [9.17, 15) is 18.0 Å². The van der Waals surface area contributed by atoms with Gasteiger partial charge >= 0.3 is 6.18 Å². The van der Waals surface area contributed by atoms with Gasteiger partial charge in [0.1, 0.15) is 5.69 Å². The number of nitrogens with zero attached hydrogens (tertiary/aromatic N) is 2. The first-order valence-electron chi connectivity index (χ1n) is 9.85. The van der Waals surface area contributed by atoms with E-state index in [1.54, 1.807) is 6.92 Å². The van der Waals surface area contributed by atoms with Crippen molar-refractivity contribution in [2.45, 2.75) is 38.9 Å². The van der Waals surface area contributed by atoms with E-state index in [0.29, 0.717) is 52.0 Å². The lowest BCUT2D eigenvalue weighted by Gasteiger charge is -2.27. The van der Waals surface area contributed by atoms with E-state index >= 15 is 0 Å². The highest BCUT2D eigenvalue weighted by atomic mass is 32.1. The molecule has 1 unspecified atom stereocenters. The number of carbonyl (C=O) groups is 1. The van der Waals surface area contributed by atoms with Gasteiger partial charge in [-0.15, -0.1) is 11.3 Å². The second kappa shape index (κ2) is 7.40. The number of benzene rings is 1. The first-order chi connectivity index (χ1) is 13.7. The Hall–Kier alpha value is -1.93. The maximum absolute atomic E-state index is 13.4. The van der Waals surface area contributed by atoms with E-state index < -0.39 is 11.7 Å². The number of halogens is 3. The van der Waals surface area contributed by atoms with Gasteiger partial charge in [0.05, 0.1) is 15.4 Å². The van der Waals surface area contributed by atoms with E-state index in [1.807, 2.05) is 4.90 Å². The van der Waals surface area contributed by atoms with Crippen LogP contribution in [0.5, 0.6) is 0 Å². The molecule has 8 heteroatoms. The molecule has 156 valence electrons. The minimum Gasteiger partial charge on any atom is -0.332 e. The summed E-state index contributed by atoms with van der Waals surface area (Å²) >= 11 is 1.33. The van der Waals surface area contributed by atoms with Crippen molar-refractivity contribution in [2.75, 3.05) is 13.1 Å². The molecule has 1 aromatic heterocycles.